The second-order valence-corrected chi connectivity index (χ2v) is 10.7. The lowest BCUT2D eigenvalue weighted by Crippen LogP contribution is -2.47. The van der Waals surface area contributed by atoms with Crippen molar-refractivity contribution in [3.8, 4) is 28.6 Å². The molecule has 44 heavy (non-hydrogen) atoms. The highest BCUT2D eigenvalue weighted by molar-refractivity contribution is 5.88. The van der Waals surface area contributed by atoms with Crippen LogP contribution >= 0.6 is 0 Å². The molecule has 2 aromatic heterocycles. The number of ether oxygens (including phenoxy) is 3. The van der Waals surface area contributed by atoms with Gasteiger partial charge in [0.25, 0.3) is 5.91 Å². The average molecular weight is 603 g/mol. The zero-order valence-electron chi connectivity index (χ0n) is 25.5. The Morgan fingerprint density at radius 3 is 2.41 bits per heavy atom. The van der Waals surface area contributed by atoms with Crippen molar-refractivity contribution in [2.24, 2.45) is 0 Å². The van der Waals surface area contributed by atoms with Crippen molar-refractivity contribution in [1.29, 1.82) is 0 Å². The number of furan rings is 1. The van der Waals surface area contributed by atoms with Crippen LogP contribution in [-0.2, 0) is 22.6 Å². The first kappa shape index (κ1) is 30.6. The van der Waals surface area contributed by atoms with Crippen LogP contribution in [0.25, 0.3) is 11.4 Å². The fourth-order valence-corrected chi connectivity index (χ4v) is 5.44. The molecule has 0 saturated heterocycles. The average Bonchev–Trinajstić information content (AvgIpc) is 3.82. The quantitative estimate of drug-likeness (QED) is 0.240. The highest BCUT2D eigenvalue weighted by Gasteiger charge is 2.35. The van der Waals surface area contributed by atoms with Crippen molar-refractivity contribution in [3.05, 3.63) is 71.7 Å². The van der Waals surface area contributed by atoms with Crippen molar-refractivity contribution in [2.75, 3.05) is 27.9 Å². The first-order chi connectivity index (χ1) is 21.4. The van der Waals surface area contributed by atoms with Gasteiger partial charge in [-0.3, -0.25) is 9.59 Å². The fourth-order valence-electron chi connectivity index (χ4n) is 5.44. The normalized spacial score (nSPS) is 13.8. The maximum atomic E-state index is 14.1. The monoisotopic (exact) mass is 602 g/mol. The van der Waals surface area contributed by atoms with Crippen LogP contribution in [-0.4, -0.2) is 70.8 Å². The van der Waals surface area contributed by atoms with Crippen molar-refractivity contribution in [3.63, 3.8) is 0 Å². The lowest BCUT2D eigenvalue weighted by atomic mass is 10.1. The van der Waals surface area contributed by atoms with Gasteiger partial charge in [-0.05, 0) is 85.5 Å². The smallest absolute Gasteiger partial charge is 0.250 e. The van der Waals surface area contributed by atoms with Crippen LogP contribution in [0.15, 0.2) is 59.0 Å². The Bertz CT molecular complexity index is 1560. The predicted molar refractivity (Wildman–Crippen MR) is 161 cm³/mol. The molecule has 1 atom stereocenters. The summed E-state index contributed by atoms with van der Waals surface area (Å²) in [5, 5.41) is 15.9. The Kier molecular flexibility index (Phi) is 9.78. The summed E-state index contributed by atoms with van der Waals surface area (Å²) in [6, 6.07) is 15.5. The van der Waals surface area contributed by atoms with Gasteiger partial charge in [0.1, 0.15) is 23.8 Å². The fraction of sp³-hybridized carbons (Fsp3) is 0.406. The van der Waals surface area contributed by atoms with Gasteiger partial charge in [-0.15, -0.1) is 10.2 Å². The number of carbonyl (C=O) groups excluding carboxylic acids is 2. The van der Waals surface area contributed by atoms with E-state index in [4.69, 9.17) is 18.6 Å². The van der Waals surface area contributed by atoms with Gasteiger partial charge in [0, 0.05) is 18.2 Å². The summed E-state index contributed by atoms with van der Waals surface area (Å²) in [7, 11) is 4.75. The number of nitrogens with one attached hydrogen (secondary N) is 1. The number of benzene rings is 2. The molecule has 5 rings (SSSR count). The summed E-state index contributed by atoms with van der Waals surface area (Å²) in [6.07, 6.45) is 4.39. The molecular formula is C32H38N6O6. The van der Waals surface area contributed by atoms with Crippen LogP contribution < -0.4 is 19.5 Å². The Hall–Kier alpha value is -4.87. The van der Waals surface area contributed by atoms with Crippen LogP contribution in [0.2, 0.25) is 0 Å². The number of tetrazole rings is 1. The summed E-state index contributed by atoms with van der Waals surface area (Å²) in [4.78, 5) is 30.7. The summed E-state index contributed by atoms with van der Waals surface area (Å²) in [6.45, 7) is 1.81. The largest absolute Gasteiger partial charge is 0.497 e. The summed E-state index contributed by atoms with van der Waals surface area (Å²) in [5.74, 6) is 2.66. The lowest BCUT2D eigenvalue weighted by Gasteiger charge is -2.30. The molecule has 4 aromatic rings. The topological polar surface area (TPSA) is 134 Å². The molecular weight excluding hydrogens is 564 g/mol. The van der Waals surface area contributed by atoms with Gasteiger partial charge in [0.2, 0.25) is 11.7 Å². The standard InChI is InChI=1S/C32H38N6O6/c1-21-9-15-27(44-21)30(32(40)33-24-7-5-6-8-24)37(18-17-22-10-16-26(42-3)28(19-22)43-4)29(39)20-38-35-31(34-36-38)23-11-13-25(41-2)14-12-23/h9-16,19,24,30H,5-8,17-18,20H2,1-4H3,(H,33,40)/t30-/m0/s1. The number of hydrogen-bond acceptors (Lipinski definition) is 9. The number of hydrogen-bond donors (Lipinski definition) is 1. The van der Waals surface area contributed by atoms with E-state index in [2.05, 4.69) is 20.7 Å². The SMILES string of the molecule is COc1ccc(-c2nnn(CC(=O)N(CCc3ccc(OC)c(OC)c3)[C@H](C(=O)NC3CCCC3)c3ccc(C)o3)n2)cc1. The van der Waals surface area contributed by atoms with Gasteiger partial charge in [-0.1, -0.05) is 18.9 Å². The Morgan fingerprint density at radius 2 is 1.75 bits per heavy atom. The molecule has 0 spiro atoms. The van der Waals surface area contributed by atoms with Crippen LogP contribution in [0.5, 0.6) is 17.2 Å². The van der Waals surface area contributed by atoms with E-state index in [0.717, 1.165) is 36.8 Å². The molecule has 1 saturated carbocycles. The molecule has 1 fully saturated rings. The Labute approximate surface area is 256 Å². The minimum absolute atomic E-state index is 0.0629. The molecule has 0 bridgehead atoms. The van der Waals surface area contributed by atoms with Crippen LogP contribution in [0.4, 0.5) is 0 Å². The number of aryl methyl sites for hydroxylation is 1. The van der Waals surface area contributed by atoms with Crippen molar-refractivity contribution in [1.82, 2.24) is 30.4 Å². The van der Waals surface area contributed by atoms with E-state index < -0.39 is 6.04 Å². The molecule has 232 valence electrons. The second kappa shape index (κ2) is 14.1. The number of nitrogens with zero attached hydrogens (tertiary/aromatic N) is 5. The van der Waals surface area contributed by atoms with E-state index in [1.165, 1.54) is 9.70 Å². The molecule has 1 aliphatic carbocycles. The van der Waals surface area contributed by atoms with Gasteiger partial charge in [0.15, 0.2) is 17.5 Å². The highest BCUT2D eigenvalue weighted by atomic mass is 16.5. The zero-order valence-corrected chi connectivity index (χ0v) is 25.5. The van der Waals surface area contributed by atoms with Crippen molar-refractivity contribution < 1.29 is 28.2 Å². The van der Waals surface area contributed by atoms with Gasteiger partial charge < -0.3 is 28.8 Å². The molecule has 2 amide bonds. The van der Waals surface area contributed by atoms with Gasteiger partial charge >= 0.3 is 0 Å². The van der Waals surface area contributed by atoms with E-state index in [9.17, 15) is 9.59 Å². The van der Waals surface area contributed by atoms with Gasteiger partial charge in [-0.25, -0.2) is 0 Å². The van der Waals surface area contributed by atoms with Crippen molar-refractivity contribution in [2.45, 2.75) is 57.7 Å². The van der Waals surface area contributed by atoms with E-state index in [0.29, 0.717) is 41.0 Å². The molecule has 1 N–H and O–H groups in total. The molecule has 0 aliphatic heterocycles. The molecule has 12 heteroatoms. The lowest BCUT2D eigenvalue weighted by molar-refractivity contribution is -0.142. The number of amides is 2. The molecule has 0 unspecified atom stereocenters. The molecule has 2 aromatic carbocycles. The van der Waals surface area contributed by atoms with Crippen LogP contribution in [0, 0.1) is 6.92 Å². The second-order valence-electron chi connectivity index (χ2n) is 10.7. The molecule has 2 heterocycles. The predicted octanol–water partition coefficient (Wildman–Crippen LogP) is 4.14. The molecule has 0 radical (unpaired) electrons. The van der Waals surface area contributed by atoms with E-state index in [1.54, 1.807) is 45.6 Å². The Balaban J connectivity index is 1.43. The first-order valence-corrected chi connectivity index (χ1v) is 14.7. The summed E-state index contributed by atoms with van der Waals surface area (Å²) >= 11 is 0. The van der Waals surface area contributed by atoms with Crippen LogP contribution in [0.3, 0.4) is 0 Å². The maximum absolute atomic E-state index is 14.1. The third-order valence-electron chi connectivity index (χ3n) is 7.78. The minimum Gasteiger partial charge on any atom is -0.497 e. The number of methoxy groups -OCH3 is 3. The molecule has 1 aliphatic rings. The number of aromatic nitrogens is 4. The van der Waals surface area contributed by atoms with Gasteiger partial charge in [-0.2, -0.15) is 4.80 Å². The zero-order chi connectivity index (χ0) is 31.1. The first-order valence-electron chi connectivity index (χ1n) is 14.7. The third kappa shape index (κ3) is 7.19. The van der Waals surface area contributed by atoms with E-state index in [-0.39, 0.29) is 30.9 Å². The number of rotatable bonds is 13. The van der Waals surface area contributed by atoms with Crippen molar-refractivity contribution >= 4 is 11.8 Å². The minimum atomic E-state index is -0.985. The third-order valence-corrected chi connectivity index (χ3v) is 7.78. The summed E-state index contributed by atoms with van der Waals surface area (Å²) in [5.41, 5.74) is 1.64. The number of carbonyl (C=O) groups is 2. The van der Waals surface area contributed by atoms with Gasteiger partial charge in [0.05, 0.1) is 21.3 Å². The molecule has 12 nitrogen and oxygen atoms in total. The van der Waals surface area contributed by atoms with E-state index in [1.807, 2.05) is 37.3 Å². The van der Waals surface area contributed by atoms with Crippen LogP contribution in [0.1, 0.15) is 48.8 Å². The summed E-state index contributed by atoms with van der Waals surface area (Å²) < 4.78 is 22.0. The van der Waals surface area contributed by atoms with E-state index >= 15 is 0 Å². The maximum Gasteiger partial charge on any atom is 0.250 e. The highest BCUT2D eigenvalue weighted by Crippen LogP contribution is 2.30. The Morgan fingerprint density at radius 1 is 1.00 bits per heavy atom.